The highest BCUT2D eigenvalue weighted by Gasteiger charge is 2.38. The molecule has 17 heavy (non-hydrogen) atoms. The molecule has 2 N–H and O–H groups in total. The first-order chi connectivity index (χ1) is 7.87. The van der Waals surface area contributed by atoms with Crippen LogP contribution in [0.3, 0.4) is 0 Å². The van der Waals surface area contributed by atoms with E-state index >= 15 is 0 Å². The fraction of sp³-hybridized carbons (Fsp3) is 0.455. The van der Waals surface area contributed by atoms with E-state index in [1.165, 1.54) is 6.07 Å². The van der Waals surface area contributed by atoms with E-state index in [1.807, 2.05) is 0 Å². The van der Waals surface area contributed by atoms with Crippen molar-refractivity contribution >= 4 is 11.4 Å². The van der Waals surface area contributed by atoms with Crippen molar-refractivity contribution in [3.63, 3.8) is 0 Å². The molecule has 0 bridgehead atoms. The Morgan fingerprint density at radius 3 is 2.47 bits per heavy atom. The van der Waals surface area contributed by atoms with Crippen LogP contribution in [-0.2, 0) is 0 Å². The molecule has 0 spiro atoms. The lowest BCUT2D eigenvalue weighted by molar-refractivity contribution is -0.119. The number of hydrogen-bond acceptors (Lipinski definition) is 2. The highest BCUT2D eigenvalue weighted by molar-refractivity contribution is 5.68. The summed E-state index contributed by atoms with van der Waals surface area (Å²) in [6.07, 6.45) is -2.95. The molecule has 1 saturated carbocycles. The minimum atomic E-state index is -4.32. The van der Waals surface area contributed by atoms with E-state index in [0.717, 1.165) is 17.0 Å². The zero-order valence-electron chi connectivity index (χ0n) is 8.97. The zero-order valence-corrected chi connectivity index (χ0v) is 8.97. The fourth-order valence-corrected chi connectivity index (χ4v) is 1.76. The second kappa shape index (κ2) is 4.09. The van der Waals surface area contributed by atoms with E-state index < -0.39 is 18.5 Å². The Morgan fingerprint density at radius 2 is 1.94 bits per heavy atom. The fourth-order valence-electron chi connectivity index (χ4n) is 1.76. The van der Waals surface area contributed by atoms with Crippen molar-refractivity contribution in [2.24, 2.45) is 0 Å². The summed E-state index contributed by atoms with van der Waals surface area (Å²) in [6, 6.07) is 3.30. The van der Waals surface area contributed by atoms with E-state index in [4.69, 9.17) is 5.73 Å². The first kappa shape index (κ1) is 12.0. The Morgan fingerprint density at radius 1 is 1.29 bits per heavy atom. The molecule has 0 aliphatic heterocycles. The lowest BCUT2D eigenvalue weighted by atomic mass is 10.2. The van der Waals surface area contributed by atoms with Crippen LogP contribution in [0.2, 0.25) is 0 Å². The summed E-state index contributed by atoms with van der Waals surface area (Å²) in [6.45, 7) is -1.09. The topological polar surface area (TPSA) is 29.3 Å². The second-order valence-corrected chi connectivity index (χ2v) is 4.18. The maximum Gasteiger partial charge on any atom is 0.405 e. The van der Waals surface area contributed by atoms with Gasteiger partial charge in [0.1, 0.15) is 12.4 Å². The van der Waals surface area contributed by atoms with E-state index in [-0.39, 0.29) is 17.4 Å². The van der Waals surface area contributed by atoms with E-state index in [1.54, 1.807) is 0 Å². The number of alkyl halides is 3. The van der Waals surface area contributed by atoms with Gasteiger partial charge in [-0.3, -0.25) is 0 Å². The predicted octanol–water partition coefficient (Wildman–Crippen LogP) is 2.94. The van der Waals surface area contributed by atoms with Crippen LogP contribution in [0.4, 0.5) is 28.9 Å². The van der Waals surface area contributed by atoms with Gasteiger partial charge < -0.3 is 10.6 Å². The molecule has 0 saturated heterocycles. The highest BCUT2D eigenvalue weighted by Crippen LogP contribution is 2.37. The average molecular weight is 248 g/mol. The number of nitrogens with zero attached hydrogens (tertiary/aromatic N) is 1. The molecule has 1 aromatic carbocycles. The van der Waals surface area contributed by atoms with Gasteiger partial charge in [0.05, 0.1) is 11.4 Å². The Labute approximate surface area is 96.0 Å². The lowest BCUT2D eigenvalue weighted by Crippen LogP contribution is -2.36. The van der Waals surface area contributed by atoms with Gasteiger partial charge in [0.2, 0.25) is 0 Å². The van der Waals surface area contributed by atoms with Gasteiger partial charge >= 0.3 is 6.18 Å². The maximum atomic E-state index is 13.1. The van der Waals surface area contributed by atoms with Gasteiger partial charge in [0, 0.05) is 6.04 Å². The molecular formula is C11H12F4N2. The van der Waals surface area contributed by atoms with Crippen molar-refractivity contribution in [1.29, 1.82) is 0 Å². The van der Waals surface area contributed by atoms with E-state index in [9.17, 15) is 17.6 Å². The summed E-state index contributed by atoms with van der Waals surface area (Å²) >= 11 is 0. The highest BCUT2D eigenvalue weighted by atomic mass is 19.4. The van der Waals surface area contributed by atoms with Gasteiger partial charge in [-0.05, 0) is 31.0 Å². The molecule has 1 fully saturated rings. The molecule has 0 radical (unpaired) electrons. The third kappa shape index (κ3) is 3.01. The SMILES string of the molecule is Nc1ccc(F)cc1N(CC(F)(F)F)C1CC1. The van der Waals surface area contributed by atoms with Crippen molar-refractivity contribution in [2.45, 2.75) is 25.1 Å². The average Bonchev–Trinajstić information content (AvgIpc) is 3.00. The van der Waals surface area contributed by atoms with Crippen LogP contribution in [0.5, 0.6) is 0 Å². The predicted molar refractivity (Wildman–Crippen MR) is 57.2 cm³/mol. The Bertz CT molecular complexity index is 412. The van der Waals surface area contributed by atoms with Gasteiger partial charge in [0.25, 0.3) is 0 Å². The van der Waals surface area contributed by atoms with Crippen molar-refractivity contribution in [3.05, 3.63) is 24.0 Å². The standard InChI is InChI=1S/C11H12F4N2/c12-7-1-4-9(16)10(5-7)17(8-2-3-8)6-11(13,14)15/h1,4-5,8H,2-3,6,16H2. The molecule has 6 heteroatoms. The Kier molecular flexibility index (Phi) is 2.89. The van der Waals surface area contributed by atoms with Crippen LogP contribution < -0.4 is 10.6 Å². The molecule has 94 valence electrons. The molecule has 0 unspecified atom stereocenters. The molecule has 0 heterocycles. The zero-order chi connectivity index (χ0) is 12.6. The molecule has 2 rings (SSSR count). The Hall–Kier alpha value is -1.46. The minimum absolute atomic E-state index is 0.129. The normalized spacial score (nSPS) is 16.0. The summed E-state index contributed by atoms with van der Waals surface area (Å²) < 4.78 is 50.4. The van der Waals surface area contributed by atoms with Crippen molar-refractivity contribution in [1.82, 2.24) is 0 Å². The lowest BCUT2D eigenvalue weighted by Gasteiger charge is -2.27. The molecule has 1 aromatic rings. The van der Waals surface area contributed by atoms with Gasteiger partial charge in [-0.25, -0.2) is 4.39 Å². The van der Waals surface area contributed by atoms with E-state index in [2.05, 4.69) is 0 Å². The van der Waals surface area contributed by atoms with Gasteiger partial charge in [-0.2, -0.15) is 13.2 Å². The van der Waals surface area contributed by atoms with Crippen LogP contribution >= 0.6 is 0 Å². The summed E-state index contributed by atoms with van der Waals surface area (Å²) in [7, 11) is 0. The van der Waals surface area contributed by atoms with E-state index in [0.29, 0.717) is 12.8 Å². The molecule has 0 amide bonds. The molecule has 0 aromatic heterocycles. The number of hydrogen-bond donors (Lipinski definition) is 1. The van der Waals surface area contributed by atoms with Crippen LogP contribution in [0.15, 0.2) is 18.2 Å². The molecule has 1 aliphatic rings. The van der Waals surface area contributed by atoms with Crippen molar-refractivity contribution in [3.8, 4) is 0 Å². The summed E-state index contributed by atoms with van der Waals surface area (Å²) in [5, 5.41) is 0. The van der Waals surface area contributed by atoms with Gasteiger partial charge in [-0.15, -0.1) is 0 Å². The molecular weight excluding hydrogens is 236 g/mol. The summed E-state index contributed by atoms with van der Waals surface area (Å²) in [5.74, 6) is -0.581. The Balaban J connectivity index is 2.29. The van der Waals surface area contributed by atoms with Crippen LogP contribution in [-0.4, -0.2) is 18.8 Å². The first-order valence-corrected chi connectivity index (χ1v) is 5.25. The van der Waals surface area contributed by atoms with Crippen LogP contribution in [0.25, 0.3) is 0 Å². The summed E-state index contributed by atoms with van der Waals surface area (Å²) in [5.41, 5.74) is 5.90. The third-order valence-electron chi connectivity index (χ3n) is 2.64. The number of nitrogen functional groups attached to an aromatic ring is 1. The second-order valence-electron chi connectivity index (χ2n) is 4.18. The van der Waals surface area contributed by atoms with Crippen LogP contribution in [0, 0.1) is 5.82 Å². The number of nitrogens with two attached hydrogens (primary N) is 1. The molecule has 0 atom stereocenters. The van der Waals surface area contributed by atoms with Crippen molar-refractivity contribution < 1.29 is 17.6 Å². The number of anilines is 2. The number of halogens is 4. The van der Waals surface area contributed by atoms with Crippen molar-refractivity contribution in [2.75, 3.05) is 17.2 Å². The summed E-state index contributed by atoms with van der Waals surface area (Å²) in [4.78, 5) is 1.14. The van der Waals surface area contributed by atoms with Gasteiger partial charge in [0.15, 0.2) is 0 Å². The number of rotatable bonds is 3. The molecule has 2 nitrogen and oxygen atoms in total. The maximum absolute atomic E-state index is 13.1. The van der Waals surface area contributed by atoms with Gasteiger partial charge in [-0.1, -0.05) is 0 Å². The minimum Gasteiger partial charge on any atom is -0.397 e. The molecule has 1 aliphatic carbocycles. The number of benzene rings is 1. The largest absolute Gasteiger partial charge is 0.405 e. The third-order valence-corrected chi connectivity index (χ3v) is 2.64. The first-order valence-electron chi connectivity index (χ1n) is 5.25. The smallest absolute Gasteiger partial charge is 0.397 e. The van der Waals surface area contributed by atoms with Crippen LogP contribution in [0.1, 0.15) is 12.8 Å². The monoisotopic (exact) mass is 248 g/mol. The quantitative estimate of drug-likeness (QED) is 0.658.